The predicted molar refractivity (Wildman–Crippen MR) is 49.5 cm³/mol. The molecule has 0 saturated carbocycles. The van der Waals surface area contributed by atoms with E-state index in [9.17, 15) is 0 Å². The van der Waals surface area contributed by atoms with Crippen molar-refractivity contribution in [3.8, 4) is 0 Å². The van der Waals surface area contributed by atoms with E-state index < -0.39 is 0 Å². The number of hydrogen-bond acceptors (Lipinski definition) is 3. The van der Waals surface area contributed by atoms with E-state index in [1.165, 1.54) is 6.33 Å². The fraction of sp³-hybridized carbons (Fsp3) is 0.667. The van der Waals surface area contributed by atoms with Gasteiger partial charge in [-0.05, 0) is 6.92 Å². The summed E-state index contributed by atoms with van der Waals surface area (Å²) in [5.41, 5.74) is 0. The molecule has 4 nitrogen and oxygen atoms in total. The first-order chi connectivity index (χ1) is 5.29. The quantitative estimate of drug-likeness (QED) is 0.605. The Morgan fingerprint density at radius 3 is 3.09 bits per heavy atom. The van der Waals surface area contributed by atoms with E-state index in [0.717, 1.165) is 6.54 Å². The lowest BCUT2D eigenvalue weighted by molar-refractivity contribution is 0.124. The van der Waals surface area contributed by atoms with E-state index in [2.05, 4.69) is 32.7 Å². The van der Waals surface area contributed by atoms with E-state index in [1.807, 2.05) is 6.92 Å². The number of halogens is 1. The molecule has 0 radical (unpaired) electrons. The highest BCUT2D eigenvalue weighted by Gasteiger charge is 1.94. The molecule has 1 aromatic rings. The van der Waals surface area contributed by atoms with Crippen LogP contribution in [0.2, 0.25) is 0 Å². The molecule has 0 saturated heterocycles. The summed E-state index contributed by atoms with van der Waals surface area (Å²) in [7, 11) is 0. The molecule has 1 rings (SSSR count). The highest BCUT2D eigenvalue weighted by atomic mass is 127. The third kappa shape index (κ3) is 3.66. The van der Waals surface area contributed by atoms with Gasteiger partial charge in [0.05, 0.1) is 13.2 Å². The van der Waals surface area contributed by atoms with Crippen molar-refractivity contribution in [3.63, 3.8) is 0 Å². The maximum atomic E-state index is 5.31. The monoisotopic (exact) mass is 267 g/mol. The van der Waals surface area contributed by atoms with Crippen molar-refractivity contribution in [1.82, 2.24) is 14.8 Å². The minimum Gasteiger partial charge on any atom is -0.366 e. The Balaban J connectivity index is 2.14. The number of alkyl halides is 1. The van der Waals surface area contributed by atoms with Crippen LogP contribution in [0.3, 0.4) is 0 Å². The van der Waals surface area contributed by atoms with E-state index in [1.54, 1.807) is 11.0 Å². The molecule has 5 heteroatoms. The van der Waals surface area contributed by atoms with Gasteiger partial charge in [0, 0.05) is 0 Å². The largest absolute Gasteiger partial charge is 0.366 e. The molecule has 1 heterocycles. The van der Waals surface area contributed by atoms with E-state index >= 15 is 0 Å². The molecule has 62 valence electrons. The van der Waals surface area contributed by atoms with Gasteiger partial charge in [0.2, 0.25) is 0 Å². The first-order valence-corrected chi connectivity index (χ1v) is 4.61. The maximum Gasteiger partial charge on any atom is 0.137 e. The second kappa shape index (κ2) is 4.66. The van der Waals surface area contributed by atoms with Gasteiger partial charge in [0.15, 0.2) is 0 Å². The average Bonchev–Trinajstić information content (AvgIpc) is 2.39. The van der Waals surface area contributed by atoms with Crippen LogP contribution in [-0.2, 0) is 11.3 Å². The van der Waals surface area contributed by atoms with Gasteiger partial charge in [0.1, 0.15) is 16.8 Å². The summed E-state index contributed by atoms with van der Waals surface area (Å²) < 4.78 is 7.32. The first-order valence-electron chi connectivity index (χ1n) is 3.37. The molecule has 0 fully saturated rings. The van der Waals surface area contributed by atoms with Crippen LogP contribution in [0, 0.1) is 0 Å². The smallest absolute Gasteiger partial charge is 0.137 e. The summed E-state index contributed by atoms with van der Waals surface area (Å²) >= 11 is 2.22. The number of nitrogens with zero attached hydrogens (tertiary/aromatic N) is 3. The van der Waals surface area contributed by atoms with Gasteiger partial charge in [-0.15, -0.1) is 0 Å². The molecule has 0 aliphatic heterocycles. The molecular formula is C6H10IN3O. The summed E-state index contributed by atoms with van der Waals surface area (Å²) in [6, 6.07) is 0. The average molecular weight is 267 g/mol. The Morgan fingerprint density at radius 1 is 1.73 bits per heavy atom. The minimum absolute atomic E-state index is 0.260. The van der Waals surface area contributed by atoms with Gasteiger partial charge in [-0.1, -0.05) is 22.6 Å². The van der Waals surface area contributed by atoms with Crippen molar-refractivity contribution in [2.45, 2.75) is 17.6 Å². The Kier molecular flexibility index (Phi) is 3.78. The van der Waals surface area contributed by atoms with Crippen molar-refractivity contribution < 1.29 is 4.74 Å². The number of hydrogen-bond donors (Lipinski definition) is 0. The number of rotatable bonds is 4. The fourth-order valence-corrected chi connectivity index (χ4v) is 0.911. The molecule has 0 aromatic carbocycles. The lowest BCUT2D eigenvalue weighted by Gasteiger charge is -2.04. The molecule has 1 aromatic heterocycles. The van der Waals surface area contributed by atoms with Gasteiger partial charge in [-0.2, -0.15) is 5.10 Å². The fourth-order valence-electron chi connectivity index (χ4n) is 0.657. The normalized spacial score (nSPS) is 13.3. The van der Waals surface area contributed by atoms with Crippen LogP contribution < -0.4 is 0 Å². The Hall–Kier alpha value is -0.170. The van der Waals surface area contributed by atoms with Crippen LogP contribution in [0.25, 0.3) is 0 Å². The SMILES string of the molecule is CC(I)OCCn1cncn1. The zero-order valence-corrected chi connectivity index (χ0v) is 8.43. The summed E-state index contributed by atoms with van der Waals surface area (Å²) in [5, 5.41) is 3.94. The van der Waals surface area contributed by atoms with Gasteiger partial charge < -0.3 is 4.74 Å². The molecule has 0 bridgehead atoms. The summed E-state index contributed by atoms with van der Waals surface area (Å²) in [5.74, 6) is 0. The summed E-state index contributed by atoms with van der Waals surface area (Å²) in [4.78, 5) is 3.81. The van der Waals surface area contributed by atoms with Crippen molar-refractivity contribution in [2.75, 3.05) is 6.61 Å². The Morgan fingerprint density at radius 2 is 2.55 bits per heavy atom. The molecule has 0 amide bonds. The lowest BCUT2D eigenvalue weighted by atomic mass is 10.7. The van der Waals surface area contributed by atoms with Gasteiger partial charge >= 0.3 is 0 Å². The Bertz CT molecular complexity index is 188. The maximum absolute atomic E-state index is 5.31. The van der Waals surface area contributed by atoms with Crippen molar-refractivity contribution >= 4 is 22.6 Å². The van der Waals surface area contributed by atoms with Crippen LogP contribution in [-0.4, -0.2) is 25.5 Å². The molecule has 1 atom stereocenters. The van der Waals surface area contributed by atoms with Gasteiger partial charge in [-0.25, -0.2) is 4.98 Å². The number of aromatic nitrogens is 3. The minimum atomic E-state index is 0.260. The van der Waals surface area contributed by atoms with E-state index in [0.29, 0.717) is 6.61 Å². The van der Waals surface area contributed by atoms with Crippen molar-refractivity contribution in [1.29, 1.82) is 0 Å². The summed E-state index contributed by atoms with van der Waals surface area (Å²) in [6.45, 7) is 3.46. The predicted octanol–water partition coefficient (Wildman–Crippen LogP) is 1.08. The van der Waals surface area contributed by atoms with Crippen LogP contribution in [0.1, 0.15) is 6.92 Å². The van der Waals surface area contributed by atoms with Crippen LogP contribution in [0.4, 0.5) is 0 Å². The summed E-state index contributed by atoms with van der Waals surface area (Å²) in [6.07, 6.45) is 3.20. The van der Waals surface area contributed by atoms with Gasteiger partial charge in [0.25, 0.3) is 0 Å². The van der Waals surface area contributed by atoms with Gasteiger partial charge in [-0.3, -0.25) is 4.68 Å². The zero-order chi connectivity index (χ0) is 8.10. The Labute approximate surface area is 79.1 Å². The van der Waals surface area contributed by atoms with Crippen LogP contribution in [0.15, 0.2) is 12.7 Å². The van der Waals surface area contributed by atoms with Crippen LogP contribution in [0.5, 0.6) is 0 Å². The van der Waals surface area contributed by atoms with Crippen molar-refractivity contribution in [2.24, 2.45) is 0 Å². The third-order valence-electron chi connectivity index (χ3n) is 1.13. The molecule has 0 N–H and O–H groups in total. The standard InChI is InChI=1S/C6H10IN3O/c1-6(7)11-3-2-10-5-8-4-9-10/h4-6H,2-3H2,1H3. The molecule has 0 aliphatic carbocycles. The highest BCUT2D eigenvalue weighted by molar-refractivity contribution is 14.1. The van der Waals surface area contributed by atoms with Crippen LogP contribution >= 0.6 is 22.6 Å². The molecule has 11 heavy (non-hydrogen) atoms. The van der Waals surface area contributed by atoms with E-state index in [4.69, 9.17) is 4.74 Å². The third-order valence-corrected chi connectivity index (χ3v) is 1.49. The number of ether oxygens (including phenoxy) is 1. The molecule has 0 spiro atoms. The molecule has 1 unspecified atom stereocenters. The second-order valence-corrected chi connectivity index (χ2v) is 3.83. The molecule has 0 aliphatic rings. The first kappa shape index (κ1) is 8.92. The lowest BCUT2D eigenvalue weighted by Crippen LogP contribution is -2.08. The highest BCUT2D eigenvalue weighted by Crippen LogP contribution is 1.99. The molecular weight excluding hydrogens is 257 g/mol. The van der Waals surface area contributed by atoms with Crippen molar-refractivity contribution in [3.05, 3.63) is 12.7 Å². The topological polar surface area (TPSA) is 39.9 Å². The zero-order valence-electron chi connectivity index (χ0n) is 6.27. The van der Waals surface area contributed by atoms with E-state index in [-0.39, 0.29) is 4.11 Å². The second-order valence-electron chi connectivity index (χ2n) is 2.07.